The van der Waals surface area contributed by atoms with Gasteiger partial charge in [0.15, 0.2) is 0 Å². The summed E-state index contributed by atoms with van der Waals surface area (Å²) in [6.45, 7) is 0.0385. The number of thiazole rings is 1. The molecule has 2 heterocycles. The fraction of sp³-hybridized carbons (Fsp3) is 0.0476. The maximum Gasteiger partial charge on any atom is 0.248 e. The van der Waals surface area contributed by atoms with E-state index in [1.54, 1.807) is 30.3 Å². The molecule has 2 aromatic carbocycles. The Labute approximate surface area is 177 Å². The molecule has 0 fully saturated rings. The molecule has 0 spiro atoms. The number of sulfonamides is 1. The van der Waals surface area contributed by atoms with Gasteiger partial charge < -0.3 is 9.73 Å². The minimum Gasteiger partial charge on any atom is -0.468 e. The third kappa shape index (κ3) is 4.82. The summed E-state index contributed by atoms with van der Waals surface area (Å²) in [6.07, 6.45) is 4.47. The van der Waals surface area contributed by atoms with E-state index in [0.717, 1.165) is 10.2 Å². The van der Waals surface area contributed by atoms with Crippen LogP contribution in [0.3, 0.4) is 0 Å². The van der Waals surface area contributed by atoms with E-state index in [4.69, 9.17) is 4.42 Å². The lowest BCUT2D eigenvalue weighted by Gasteiger charge is -2.08. The first-order valence-electron chi connectivity index (χ1n) is 8.96. The molecule has 0 atom stereocenters. The number of carbonyl (C=O) groups excluding carboxylic acids is 1. The van der Waals surface area contributed by atoms with Crippen LogP contribution < -0.4 is 10.0 Å². The molecule has 0 aliphatic heterocycles. The van der Waals surface area contributed by atoms with Gasteiger partial charge in [0.2, 0.25) is 15.9 Å². The van der Waals surface area contributed by atoms with Gasteiger partial charge in [0.1, 0.15) is 10.8 Å². The number of anilines is 1. The molecule has 2 N–H and O–H groups in total. The number of hydrogen-bond acceptors (Lipinski definition) is 6. The van der Waals surface area contributed by atoms with Gasteiger partial charge in [-0.1, -0.05) is 18.2 Å². The fourth-order valence-corrected chi connectivity index (χ4v) is 4.60. The van der Waals surface area contributed by atoms with Crippen LogP contribution in [0.15, 0.2) is 82.3 Å². The molecule has 0 radical (unpaired) electrons. The highest BCUT2D eigenvalue weighted by atomic mass is 32.2. The summed E-state index contributed by atoms with van der Waals surface area (Å²) in [7, 11) is -3.75. The SMILES string of the molecule is O=C(/C=C/c1nc2ccccc2s1)Nc1cccc(S(=O)(=O)NCc2ccco2)c1. The van der Waals surface area contributed by atoms with Gasteiger partial charge in [0.25, 0.3) is 0 Å². The Morgan fingerprint density at radius 2 is 1.97 bits per heavy atom. The Bertz CT molecular complexity index is 1280. The lowest BCUT2D eigenvalue weighted by molar-refractivity contribution is -0.111. The molecule has 1 amide bonds. The molecule has 0 saturated carbocycles. The maximum atomic E-state index is 12.5. The highest BCUT2D eigenvalue weighted by Crippen LogP contribution is 2.22. The van der Waals surface area contributed by atoms with Crippen LogP contribution in [0.4, 0.5) is 5.69 Å². The molecule has 7 nitrogen and oxygen atoms in total. The minimum absolute atomic E-state index is 0.0385. The third-order valence-corrected chi connectivity index (χ3v) is 6.52. The number of fused-ring (bicyclic) bond motifs is 1. The van der Waals surface area contributed by atoms with Crippen LogP contribution in [0.1, 0.15) is 10.8 Å². The summed E-state index contributed by atoms with van der Waals surface area (Å²) in [5.74, 6) is 0.121. The van der Waals surface area contributed by atoms with E-state index in [1.807, 2.05) is 24.3 Å². The second kappa shape index (κ2) is 8.62. The number of benzene rings is 2. The lowest BCUT2D eigenvalue weighted by Crippen LogP contribution is -2.23. The normalized spacial score (nSPS) is 11.9. The van der Waals surface area contributed by atoms with Gasteiger partial charge in [0, 0.05) is 11.8 Å². The van der Waals surface area contributed by atoms with E-state index in [2.05, 4.69) is 15.0 Å². The van der Waals surface area contributed by atoms with Crippen LogP contribution in [-0.2, 0) is 21.4 Å². The Morgan fingerprint density at radius 3 is 2.77 bits per heavy atom. The summed E-state index contributed by atoms with van der Waals surface area (Å²) < 4.78 is 33.6. The molecule has 0 bridgehead atoms. The van der Waals surface area contributed by atoms with Crippen molar-refractivity contribution in [2.24, 2.45) is 0 Å². The number of nitrogens with one attached hydrogen (secondary N) is 2. The van der Waals surface area contributed by atoms with Crippen LogP contribution in [-0.4, -0.2) is 19.3 Å². The Hall–Kier alpha value is -3.27. The highest BCUT2D eigenvalue weighted by Gasteiger charge is 2.15. The number of carbonyl (C=O) groups is 1. The molecule has 4 aromatic rings. The van der Waals surface area contributed by atoms with Gasteiger partial charge in [-0.05, 0) is 48.5 Å². The van der Waals surface area contributed by atoms with Crippen LogP contribution in [0.25, 0.3) is 16.3 Å². The molecule has 0 aliphatic carbocycles. The van der Waals surface area contributed by atoms with Crippen molar-refractivity contribution < 1.29 is 17.6 Å². The van der Waals surface area contributed by atoms with E-state index in [1.165, 1.54) is 35.8 Å². The number of amides is 1. The first-order valence-corrected chi connectivity index (χ1v) is 11.3. The predicted octanol–water partition coefficient (Wildman–Crippen LogP) is 4.02. The molecule has 2 aromatic heterocycles. The molecule has 0 saturated heterocycles. The minimum atomic E-state index is -3.75. The average Bonchev–Trinajstić information content (AvgIpc) is 3.40. The topological polar surface area (TPSA) is 101 Å². The Kier molecular flexibility index (Phi) is 5.75. The smallest absolute Gasteiger partial charge is 0.248 e. The first kappa shape index (κ1) is 20.0. The molecule has 0 unspecified atom stereocenters. The number of furan rings is 1. The average molecular weight is 440 g/mol. The fourth-order valence-electron chi connectivity index (χ4n) is 2.70. The summed E-state index contributed by atoms with van der Waals surface area (Å²) in [4.78, 5) is 16.7. The zero-order valence-electron chi connectivity index (χ0n) is 15.6. The van der Waals surface area contributed by atoms with Gasteiger partial charge in [-0.2, -0.15) is 0 Å². The molecule has 30 heavy (non-hydrogen) atoms. The van der Waals surface area contributed by atoms with E-state index in [0.29, 0.717) is 16.5 Å². The molecular weight excluding hydrogens is 422 g/mol. The van der Waals surface area contributed by atoms with Gasteiger partial charge in [0.05, 0.1) is 27.9 Å². The van der Waals surface area contributed by atoms with Crippen LogP contribution in [0, 0.1) is 0 Å². The molecule has 9 heteroatoms. The van der Waals surface area contributed by atoms with Crippen molar-refractivity contribution in [1.82, 2.24) is 9.71 Å². The van der Waals surface area contributed by atoms with E-state index in [-0.39, 0.29) is 17.3 Å². The highest BCUT2D eigenvalue weighted by molar-refractivity contribution is 7.89. The van der Waals surface area contributed by atoms with Crippen LogP contribution in [0.5, 0.6) is 0 Å². The summed E-state index contributed by atoms with van der Waals surface area (Å²) in [6, 6.07) is 17.1. The van der Waals surface area contributed by atoms with E-state index < -0.39 is 10.0 Å². The van der Waals surface area contributed by atoms with Crippen molar-refractivity contribution in [3.05, 3.63) is 83.8 Å². The van der Waals surface area contributed by atoms with Crippen LogP contribution >= 0.6 is 11.3 Å². The number of aromatic nitrogens is 1. The van der Waals surface area contributed by atoms with Gasteiger partial charge >= 0.3 is 0 Å². The third-order valence-electron chi connectivity index (χ3n) is 4.12. The summed E-state index contributed by atoms with van der Waals surface area (Å²) >= 11 is 1.48. The number of hydrogen-bond donors (Lipinski definition) is 2. The van der Waals surface area contributed by atoms with Crippen molar-refractivity contribution in [1.29, 1.82) is 0 Å². The van der Waals surface area contributed by atoms with Crippen molar-refractivity contribution in [2.45, 2.75) is 11.4 Å². The van der Waals surface area contributed by atoms with Crippen molar-refractivity contribution in [2.75, 3.05) is 5.32 Å². The molecular formula is C21H17N3O4S2. The lowest BCUT2D eigenvalue weighted by atomic mass is 10.3. The Balaban J connectivity index is 1.42. The molecule has 0 aliphatic rings. The maximum absolute atomic E-state index is 12.5. The predicted molar refractivity (Wildman–Crippen MR) is 116 cm³/mol. The van der Waals surface area contributed by atoms with Gasteiger partial charge in [-0.25, -0.2) is 18.1 Å². The second-order valence-electron chi connectivity index (χ2n) is 6.27. The number of para-hydroxylation sites is 1. The van der Waals surface area contributed by atoms with Crippen LogP contribution in [0.2, 0.25) is 0 Å². The number of rotatable bonds is 7. The largest absolute Gasteiger partial charge is 0.468 e. The monoisotopic (exact) mass is 439 g/mol. The second-order valence-corrected chi connectivity index (χ2v) is 9.10. The van der Waals surface area contributed by atoms with Crippen molar-refractivity contribution in [3.8, 4) is 0 Å². The molecule has 152 valence electrons. The van der Waals surface area contributed by atoms with E-state index in [9.17, 15) is 13.2 Å². The standard InChI is InChI=1S/C21H17N3O4S2/c25-20(10-11-21-24-18-8-1-2-9-19(18)29-21)23-15-5-3-7-17(13-15)30(26,27)22-14-16-6-4-12-28-16/h1-13,22H,14H2,(H,23,25)/b11-10+. The number of nitrogens with zero attached hydrogens (tertiary/aromatic N) is 1. The first-order chi connectivity index (χ1) is 14.5. The molecule has 4 rings (SSSR count). The summed E-state index contributed by atoms with van der Waals surface area (Å²) in [5, 5.41) is 3.38. The summed E-state index contributed by atoms with van der Waals surface area (Å²) in [5.41, 5.74) is 1.25. The van der Waals surface area contributed by atoms with Gasteiger partial charge in [-0.15, -0.1) is 11.3 Å². The van der Waals surface area contributed by atoms with Gasteiger partial charge in [-0.3, -0.25) is 4.79 Å². The Morgan fingerprint density at radius 1 is 1.10 bits per heavy atom. The quantitative estimate of drug-likeness (QED) is 0.424. The zero-order chi connectivity index (χ0) is 21.0. The zero-order valence-corrected chi connectivity index (χ0v) is 17.2. The van der Waals surface area contributed by atoms with Crippen molar-refractivity contribution in [3.63, 3.8) is 0 Å². The van der Waals surface area contributed by atoms with Crippen molar-refractivity contribution >= 4 is 49.2 Å². The van der Waals surface area contributed by atoms with E-state index >= 15 is 0 Å².